The Morgan fingerprint density at radius 2 is 1.74 bits per heavy atom. The van der Waals surface area contributed by atoms with Gasteiger partial charge in [-0.15, -0.1) is 0 Å². The predicted octanol–water partition coefficient (Wildman–Crippen LogP) is 3.40. The highest BCUT2D eigenvalue weighted by Gasteiger charge is 2.47. The van der Waals surface area contributed by atoms with E-state index in [1.165, 1.54) is 32.1 Å². The first-order chi connectivity index (χ1) is 8.98. The zero-order valence-electron chi connectivity index (χ0n) is 12.9. The number of hydrogen-bond donors (Lipinski definition) is 2. The molecule has 112 valence electrons. The maximum Gasteiger partial charge on any atom is 0.220 e. The number of aliphatic hydroxyl groups excluding tert-OH is 1. The molecule has 3 nitrogen and oxygen atoms in total. The molecule has 2 unspecified atom stereocenters. The summed E-state index contributed by atoms with van der Waals surface area (Å²) >= 11 is 0. The van der Waals surface area contributed by atoms with Crippen LogP contribution in [0.25, 0.3) is 0 Å². The highest BCUT2D eigenvalue weighted by molar-refractivity contribution is 5.76. The van der Waals surface area contributed by atoms with E-state index < -0.39 is 0 Å². The van der Waals surface area contributed by atoms with Crippen molar-refractivity contribution in [1.29, 1.82) is 0 Å². The Balaban J connectivity index is 2.00. The van der Waals surface area contributed by atoms with Gasteiger partial charge in [0.25, 0.3) is 0 Å². The Bertz CT molecular complexity index is 276. The van der Waals surface area contributed by atoms with Gasteiger partial charge in [-0.25, -0.2) is 0 Å². The van der Waals surface area contributed by atoms with Gasteiger partial charge < -0.3 is 10.4 Å². The Labute approximate surface area is 118 Å². The molecule has 0 aromatic heterocycles. The van der Waals surface area contributed by atoms with Crippen LogP contribution in [0.15, 0.2) is 0 Å². The number of aliphatic hydroxyl groups is 1. The minimum absolute atomic E-state index is 0.151. The van der Waals surface area contributed by atoms with E-state index in [1.54, 1.807) is 0 Å². The zero-order chi connectivity index (χ0) is 14.3. The van der Waals surface area contributed by atoms with Crippen LogP contribution in [0.2, 0.25) is 0 Å². The number of hydrogen-bond acceptors (Lipinski definition) is 2. The molecule has 1 fully saturated rings. The maximum absolute atomic E-state index is 11.8. The summed E-state index contributed by atoms with van der Waals surface area (Å²) in [5.74, 6) is 0.151. The first kappa shape index (κ1) is 16.5. The zero-order valence-corrected chi connectivity index (χ0v) is 12.9. The number of rotatable bonds is 9. The quantitative estimate of drug-likeness (QED) is 0.630. The third-order valence-corrected chi connectivity index (χ3v) is 4.56. The Morgan fingerprint density at radius 3 is 2.26 bits per heavy atom. The second kappa shape index (κ2) is 7.88. The van der Waals surface area contributed by atoms with Gasteiger partial charge in [0.15, 0.2) is 0 Å². The van der Waals surface area contributed by atoms with Crippen LogP contribution < -0.4 is 5.32 Å². The van der Waals surface area contributed by atoms with Crippen LogP contribution in [0.5, 0.6) is 0 Å². The Hall–Kier alpha value is -0.570. The van der Waals surface area contributed by atoms with Crippen LogP contribution in [0.3, 0.4) is 0 Å². The van der Waals surface area contributed by atoms with Crippen LogP contribution in [0, 0.1) is 5.41 Å². The summed E-state index contributed by atoms with van der Waals surface area (Å²) < 4.78 is 0. The van der Waals surface area contributed by atoms with Gasteiger partial charge in [0, 0.05) is 17.9 Å². The van der Waals surface area contributed by atoms with Gasteiger partial charge >= 0.3 is 0 Å². The fourth-order valence-electron chi connectivity index (χ4n) is 2.66. The van der Waals surface area contributed by atoms with E-state index in [-0.39, 0.29) is 23.5 Å². The lowest BCUT2D eigenvalue weighted by Gasteiger charge is -2.49. The van der Waals surface area contributed by atoms with E-state index in [4.69, 9.17) is 0 Å². The van der Waals surface area contributed by atoms with E-state index in [0.29, 0.717) is 12.8 Å². The van der Waals surface area contributed by atoms with Crippen LogP contribution in [-0.4, -0.2) is 23.2 Å². The molecule has 0 radical (unpaired) electrons. The van der Waals surface area contributed by atoms with Gasteiger partial charge in [-0.2, -0.15) is 0 Å². The number of amides is 1. The first-order valence-corrected chi connectivity index (χ1v) is 7.96. The standard InChI is InChI=1S/C16H31NO2/c1-4-5-6-7-8-9-10-11-15(19)17-13-12-14(18)16(13,2)3/h13-14,18H,4-12H2,1-3H3,(H,17,19). The average Bonchev–Trinajstić information content (AvgIpc) is 2.37. The molecule has 0 spiro atoms. The molecule has 0 aromatic carbocycles. The molecular formula is C16H31NO2. The molecule has 0 aliphatic heterocycles. The molecule has 2 N–H and O–H groups in total. The fraction of sp³-hybridized carbons (Fsp3) is 0.938. The van der Waals surface area contributed by atoms with Crippen molar-refractivity contribution in [3.63, 3.8) is 0 Å². The monoisotopic (exact) mass is 269 g/mol. The van der Waals surface area contributed by atoms with E-state index in [2.05, 4.69) is 12.2 Å². The third-order valence-electron chi connectivity index (χ3n) is 4.56. The lowest BCUT2D eigenvalue weighted by atomic mass is 9.64. The predicted molar refractivity (Wildman–Crippen MR) is 78.9 cm³/mol. The van der Waals surface area contributed by atoms with Crippen molar-refractivity contribution in [2.45, 2.75) is 90.7 Å². The van der Waals surface area contributed by atoms with E-state index in [9.17, 15) is 9.90 Å². The molecule has 1 saturated carbocycles. The number of nitrogens with one attached hydrogen (secondary N) is 1. The molecule has 0 heterocycles. The van der Waals surface area contributed by atoms with Crippen molar-refractivity contribution in [1.82, 2.24) is 5.32 Å². The molecule has 0 bridgehead atoms. The SMILES string of the molecule is CCCCCCCCCC(=O)NC1CC(O)C1(C)C. The molecule has 0 saturated heterocycles. The molecule has 1 aliphatic rings. The summed E-state index contributed by atoms with van der Waals surface area (Å²) in [5, 5.41) is 12.7. The van der Waals surface area contributed by atoms with Crippen molar-refractivity contribution >= 4 is 5.91 Å². The summed E-state index contributed by atoms with van der Waals surface area (Å²) in [5.41, 5.74) is -0.157. The van der Waals surface area contributed by atoms with E-state index >= 15 is 0 Å². The maximum atomic E-state index is 11.8. The van der Waals surface area contributed by atoms with Crippen molar-refractivity contribution in [2.75, 3.05) is 0 Å². The van der Waals surface area contributed by atoms with Gasteiger partial charge in [-0.05, 0) is 12.8 Å². The second-order valence-electron chi connectivity index (χ2n) is 6.56. The van der Waals surface area contributed by atoms with Gasteiger partial charge in [0.2, 0.25) is 5.91 Å². The molecule has 19 heavy (non-hydrogen) atoms. The molecule has 0 aromatic rings. The third kappa shape index (κ3) is 5.13. The lowest BCUT2D eigenvalue weighted by Crippen LogP contribution is -2.61. The second-order valence-corrected chi connectivity index (χ2v) is 6.56. The highest BCUT2D eigenvalue weighted by Crippen LogP contribution is 2.40. The average molecular weight is 269 g/mol. The van der Waals surface area contributed by atoms with E-state index in [1.807, 2.05) is 13.8 Å². The van der Waals surface area contributed by atoms with E-state index in [0.717, 1.165) is 12.8 Å². The summed E-state index contributed by atoms with van der Waals surface area (Å²) in [7, 11) is 0. The largest absolute Gasteiger partial charge is 0.392 e. The summed E-state index contributed by atoms with van der Waals surface area (Å²) in [6.45, 7) is 6.25. The van der Waals surface area contributed by atoms with Crippen LogP contribution in [-0.2, 0) is 4.79 Å². The number of carbonyl (C=O) groups is 1. The minimum Gasteiger partial charge on any atom is -0.392 e. The van der Waals surface area contributed by atoms with Crippen molar-refractivity contribution in [2.24, 2.45) is 5.41 Å². The number of unbranched alkanes of at least 4 members (excludes halogenated alkanes) is 6. The smallest absolute Gasteiger partial charge is 0.220 e. The fourth-order valence-corrected chi connectivity index (χ4v) is 2.66. The molecule has 1 rings (SSSR count). The summed E-state index contributed by atoms with van der Waals surface area (Å²) in [6, 6.07) is 0.152. The summed E-state index contributed by atoms with van der Waals surface area (Å²) in [4.78, 5) is 11.8. The highest BCUT2D eigenvalue weighted by atomic mass is 16.3. The Morgan fingerprint density at radius 1 is 1.16 bits per heavy atom. The molecule has 1 amide bonds. The normalized spacial score (nSPS) is 24.8. The minimum atomic E-state index is -0.267. The molecule has 2 atom stereocenters. The van der Waals surface area contributed by atoms with Crippen molar-refractivity contribution in [3.8, 4) is 0 Å². The lowest BCUT2D eigenvalue weighted by molar-refractivity contribution is -0.129. The number of carbonyl (C=O) groups excluding carboxylic acids is 1. The Kier molecular flexibility index (Phi) is 6.84. The topological polar surface area (TPSA) is 49.3 Å². The van der Waals surface area contributed by atoms with Crippen molar-refractivity contribution in [3.05, 3.63) is 0 Å². The molecule has 3 heteroatoms. The van der Waals surface area contributed by atoms with Gasteiger partial charge in [0.05, 0.1) is 6.10 Å². The van der Waals surface area contributed by atoms with Crippen LogP contribution >= 0.6 is 0 Å². The molecular weight excluding hydrogens is 238 g/mol. The molecule has 1 aliphatic carbocycles. The van der Waals surface area contributed by atoms with Gasteiger partial charge in [0.1, 0.15) is 0 Å². The van der Waals surface area contributed by atoms with Crippen molar-refractivity contribution < 1.29 is 9.90 Å². The van der Waals surface area contributed by atoms with Gasteiger partial charge in [-0.1, -0.05) is 59.3 Å². The van der Waals surface area contributed by atoms with Gasteiger partial charge in [-0.3, -0.25) is 4.79 Å². The summed E-state index contributed by atoms with van der Waals surface area (Å²) in [6.07, 6.45) is 9.73. The first-order valence-electron chi connectivity index (χ1n) is 7.96. The van der Waals surface area contributed by atoms with Crippen LogP contribution in [0.4, 0.5) is 0 Å². The van der Waals surface area contributed by atoms with Crippen LogP contribution in [0.1, 0.15) is 78.6 Å².